The summed E-state index contributed by atoms with van der Waals surface area (Å²) in [7, 11) is 3.49. The zero-order chi connectivity index (χ0) is 77.5. The summed E-state index contributed by atoms with van der Waals surface area (Å²) in [6.07, 6.45) is -0.774. The van der Waals surface area contributed by atoms with Gasteiger partial charge in [-0.05, 0) is 126 Å². The highest BCUT2D eigenvalue weighted by Gasteiger charge is 2.39. The lowest BCUT2D eigenvalue weighted by molar-refractivity contribution is -0.385. The number of rotatable bonds is 21. The van der Waals surface area contributed by atoms with Gasteiger partial charge in [0.05, 0.1) is 84.4 Å². The number of hydrogen-bond acceptors (Lipinski definition) is 23. The fourth-order valence-electron chi connectivity index (χ4n) is 13.4. The number of methoxy groups -OCH3 is 2. The number of carbonyl (C=O) groups is 2. The molecule has 108 heavy (non-hydrogen) atoms. The van der Waals surface area contributed by atoms with Gasteiger partial charge in [0.25, 0.3) is 31.7 Å². The van der Waals surface area contributed by atoms with Crippen molar-refractivity contribution in [1.29, 1.82) is 1.34 Å². The minimum absolute atomic E-state index is 0.191. The van der Waals surface area contributed by atoms with Gasteiger partial charge in [-0.2, -0.15) is 0 Å². The standard InChI is InChI=1S/C30H31N5O7.C26H20N4O6.C23H25NO2.C2H6.BH2O/c1-14-24(15(2)42-35-14)21-11-22-20(12-23(21)39-4)25-26(32-16(3)33-29(25)34-22)18-5-6-19(28-27(18)40-9-10-41-28)30(38)31-8-7-17(37)13-36;1-12-21(13(2)36-30-12)17-9-18-16(10-20(17)32-4)22-23(27-14(3)28-26(22)29-18)15-5-6-19(35-11-31)25-24(15)33-7-8-34-25;24-17-16-22(25)18-26-23(19-10-4-1-5-11-19,20-12-6-2-7-13-20)21-14-8-3-9-15-21;2*1-2/h5-6,11-12,17,36-37H,7-10,13H2,1-4H3,(H,31,38)(H,32,33,34);5-6,9-11H,3,7-8H2,1-2,4H3;1-15,22,25H,16-18,24H2;1-2H3;1-2H/p+1/t17-;;22-;;/m0.0../s1/i;;;;1T. The predicted octanol–water partition coefficient (Wildman–Crippen LogP) is 9.25. The van der Waals surface area contributed by atoms with Crippen molar-refractivity contribution >= 4 is 54.7 Å². The summed E-state index contributed by atoms with van der Waals surface area (Å²) in [5.41, 5.74) is 17.5. The number of benzene rings is 7. The second kappa shape index (κ2) is 35.0. The minimum Gasteiger partial charge on any atom is -0.496 e. The number of nitrogens with zero attached hydrogens (tertiary/aromatic N) is 6. The lowest BCUT2D eigenvalue weighted by Gasteiger charge is -2.36. The smallest absolute Gasteiger partial charge is 0.298 e. The lowest BCUT2D eigenvalue weighted by Crippen LogP contribution is -2.36. The summed E-state index contributed by atoms with van der Waals surface area (Å²) in [4.78, 5) is 49.7. The minimum atomic E-state index is -0.903. The van der Waals surface area contributed by atoms with Crippen LogP contribution in [-0.2, 0) is 15.1 Å². The van der Waals surface area contributed by atoms with Gasteiger partial charge < -0.3 is 83.3 Å². The maximum absolute atomic E-state index is 13.0. The van der Waals surface area contributed by atoms with Gasteiger partial charge in [-0.25, -0.2) is 15.0 Å². The van der Waals surface area contributed by atoms with Crippen molar-refractivity contribution in [3.63, 3.8) is 0 Å². The molecule has 2 atom stereocenters. The van der Waals surface area contributed by atoms with Crippen LogP contribution in [0.5, 0.6) is 40.2 Å². The Labute approximate surface area is 624 Å². The van der Waals surface area contributed by atoms with E-state index in [1.807, 2.05) is 127 Å². The molecule has 3 aliphatic rings. The summed E-state index contributed by atoms with van der Waals surface area (Å²) in [5, 5.41) is 50.9. The number of ether oxygens (including phenoxy) is 8. The van der Waals surface area contributed by atoms with E-state index < -0.39 is 17.8 Å². The van der Waals surface area contributed by atoms with E-state index in [1.165, 1.54) is 0 Å². The van der Waals surface area contributed by atoms with Crippen LogP contribution >= 0.6 is 0 Å². The average Bonchev–Trinajstić information content (AvgIpc) is 1.63. The number of aliphatic hydroxyl groups excluding tert-OH is 3. The van der Waals surface area contributed by atoms with E-state index in [1.54, 1.807) is 38.5 Å². The van der Waals surface area contributed by atoms with Crippen LogP contribution in [0.25, 0.3) is 73.3 Å². The molecule has 0 unspecified atom stereocenters. The van der Waals surface area contributed by atoms with Gasteiger partial charge in [-0.1, -0.05) is 115 Å². The number of aryl methyl sites for hydroxylation is 5. The van der Waals surface area contributed by atoms with Crippen LogP contribution in [0.3, 0.4) is 0 Å². The highest BCUT2D eigenvalue weighted by Crippen LogP contribution is 2.49. The second-order valence-corrected chi connectivity index (χ2v) is 24.8. The van der Waals surface area contributed by atoms with Crippen molar-refractivity contribution in [2.24, 2.45) is 10.7 Å². The Morgan fingerprint density at radius 1 is 0.704 bits per heavy atom. The summed E-state index contributed by atoms with van der Waals surface area (Å²) < 4.78 is 63.4. The van der Waals surface area contributed by atoms with Crippen LogP contribution in [0.1, 0.15) is 82.5 Å². The number of H-pyrrole nitrogens is 2. The molecule has 1 amide bonds. The number of nitrogens with one attached hydrogen (secondary N) is 3. The normalized spacial score (nSPS) is 12.8. The van der Waals surface area contributed by atoms with Crippen molar-refractivity contribution in [3.8, 4) is 85.0 Å². The maximum atomic E-state index is 13.0. The molecule has 0 spiro atoms. The van der Waals surface area contributed by atoms with E-state index in [0.717, 1.165) is 82.4 Å². The predicted molar refractivity (Wildman–Crippen MR) is 405 cm³/mol. The van der Waals surface area contributed by atoms with E-state index in [0.29, 0.717) is 136 Å². The average molecular weight is 1470 g/mol. The van der Waals surface area contributed by atoms with Crippen LogP contribution in [0, 0.1) is 45.1 Å². The molecule has 27 heteroatoms. The maximum Gasteiger partial charge on any atom is 0.298 e. The van der Waals surface area contributed by atoms with E-state index in [2.05, 4.69) is 73.6 Å². The van der Waals surface area contributed by atoms with Crippen LogP contribution in [0.4, 0.5) is 5.82 Å². The molecule has 0 saturated heterocycles. The summed E-state index contributed by atoms with van der Waals surface area (Å²) in [5.74, 6) is 5.25. The quantitative estimate of drug-likeness (QED) is 0.0200. The SMILES string of the molecule is C=c1nc(-c2ccc(OC=O)c3c2OCCO3)c2c([nH+]1)N=c1cc(-c3c(C)noc3C)c(OC)cc1=2.CC.COc1cc2c(cc1-c1c(C)noc1C)[nH]c1nc(C)nc(-c3ccc(C(=O)NCC[C@H](O)CO)c4c3OCCO4)c12.NCC[C@H](O)COC(c1ccccc1)(c1ccccc1)c1ccccc1.[3H][B]O. The Bertz CT molecular complexity index is 5310. The fourth-order valence-corrected chi connectivity index (χ4v) is 13.4. The summed E-state index contributed by atoms with van der Waals surface area (Å²) in [6.45, 7) is 19.4. The Kier molecular flexibility index (Phi) is 24.6. The Hall–Kier alpha value is -11.8. The van der Waals surface area contributed by atoms with Gasteiger partial charge in [0.2, 0.25) is 5.75 Å². The third-order valence-corrected chi connectivity index (χ3v) is 18.1. The van der Waals surface area contributed by atoms with Crippen LogP contribution < -0.4 is 60.0 Å². The van der Waals surface area contributed by atoms with Gasteiger partial charge in [-0.3, -0.25) is 9.59 Å². The van der Waals surface area contributed by atoms with Crippen LogP contribution in [-0.4, -0.2) is 151 Å². The number of aromatic amines is 2. The molecular weight excluding hydrogens is 1380 g/mol. The van der Waals surface area contributed by atoms with Crippen LogP contribution in [0.15, 0.2) is 154 Å². The van der Waals surface area contributed by atoms with Crippen molar-refractivity contribution in [3.05, 3.63) is 212 Å². The molecular formula is C81H85BN10O16+. The summed E-state index contributed by atoms with van der Waals surface area (Å²) >= 11 is 0. The third-order valence-electron chi connectivity index (χ3n) is 18.1. The Balaban J connectivity index is 0.000000162. The number of carbonyl (C=O) groups excluding carboxylic acids is 2. The Morgan fingerprint density at radius 2 is 1.25 bits per heavy atom. The fraction of sp³-hybridized carbons (Fsp3) is 0.272. The molecule has 0 saturated carbocycles. The first kappa shape index (κ1) is 75.8. The first-order valence-corrected chi connectivity index (χ1v) is 35.0. The number of amides is 1. The molecule has 9 N–H and O–H groups in total. The van der Waals surface area contributed by atoms with E-state index in [4.69, 9.17) is 79.1 Å². The van der Waals surface area contributed by atoms with E-state index in [9.17, 15) is 19.8 Å². The number of aliphatic hydroxyl groups is 3. The number of aromatic nitrogens is 7. The molecule has 26 nitrogen and oxygen atoms in total. The highest BCUT2D eigenvalue weighted by atomic mass is 16.6. The molecule has 5 aromatic heterocycles. The number of fused-ring (bicyclic) bond motifs is 7. The molecule has 0 bridgehead atoms. The third kappa shape index (κ3) is 15.7. The van der Waals surface area contributed by atoms with Gasteiger partial charge in [0, 0.05) is 40.7 Å². The van der Waals surface area contributed by atoms with Gasteiger partial charge >= 0.3 is 0 Å². The van der Waals surface area contributed by atoms with Gasteiger partial charge in [0.1, 0.15) is 77.1 Å². The summed E-state index contributed by atoms with van der Waals surface area (Å²) in [6, 6.07) is 45.2. The second-order valence-electron chi connectivity index (χ2n) is 24.8. The van der Waals surface area contributed by atoms with Crippen molar-refractivity contribution < 1.29 is 81.9 Å². The number of hydrogen-bond donors (Lipinski definition) is 7. The van der Waals surface area contributed by atoms with E-state index in [-0.39, 0.29) is 52.5 Å². The highest BCUT2D eigenvalue weighted by molar-refractivity contribution is 6.14. The molecule has 1 radical (unpaired) electrons. The Morgan fingerprint density at radius 3 is 1.81 bits per heavy atom. The van der Waals surface area contributed by atoms with Crippen molar-refractivity contribution in [2.45, 2.75) is 79.1 Å². The van der Waals surface area contributed by atoms with Gasteiger partial charge in [0.15, 0.2) is 28.7 Å². The van der Waals surface area contributed by atoms with Crippen molar-refractivity contribution in [2.75, 3.05) is 67.0 Å². The zero-order valence-electron chi connectivity index (χ0n) is 62.3. The topological polar surface area (TPSA) is 360 Å². The van der Waals surface area contributed by atoms with Crippen LogP contribution in [0.2, 0.25) is 0 Å². The molecule has 7 aromatic carbocycles. The van der Waals surface area contributed by atoms with Crippen molar-refractivity contribution in [1.82, 2.24) is 35.6 Å². The molecule has 12 aromatic rings. The molecule has 0 aliphatic carbocycles. The largest absolute Gasteiger partial charge is 0.496 e. The van der Waals surface area contributed by atoms with E-state index >= 15 is 0 Å². The zero-order valence-corrected chi connectivity index (χ0v) is 61.3. The lowest BCUT2D eigenvalue weighted by atomic mass is 9.80. The molecule has 557 valence electrons. The monoisotopic (exact) mass is 1470 g/mol. The molecule has 15 rings (SSSR count). The number of nitrogens with two attached hydrogens (primary N) is 1. The molecule has 0 fully saturated rings. The molecule has 8 heterocycles. The molecule has 3 aliphatic heterocycles. The first-order valence-electron chi connectivity index (χ1n) is 35.6. The van der Waals surface area contributed by atoms with Gasteiger partial charge in [-0.15, -0.1) is 9.98 Å². The first-order chi connectivity index (χ1) is 53.0.